The van der Waals surface area contributed by atoms with E-state index in [0.29, 0.717) is 22.2 Å². The summed E-state index contributed by atoms with van der Waals surface area (Å²) in [5, 5.41) is 4.59. The van der Waals surface area contributed by atoms with Crippen LogP contribution in [0.15, 0.2) is 35.1 Å². The number of aryl methyl sites for hydroxylation is 3. The Morgan fingerprint density at radius 2 is 1.89 bits per heavy atom. The first-order valence-corrected chi connectivity index (χ1v) is 8.21. The maximum absolute atomic E-state index is 13.4. The first kappa shape index (κ1) is 17.3. The van der Waals surface area contributed by atoms with Gasteiger partial charge in [-0.05, 0) is 32.4 Å². The van der Waals surface area contributed by atoms with E-state index in [4.69, 9.17) is 4.52 Å². The van der Waals surface area contributed by atoms with Crippen LogP contribution in [0.5, 0.6) is 0 Å². The molecule has 4 rings (SSSR count). The number of nitrogens with one attached hydrogen (secondary N) is 1. The normalized spacial score (nSPS) is 12.1. The topological polar surface area (TPSA) is 67.6 Å². The second-order valence-corrected chi connectivity index (χ2v) is 6.34. The molecular weight excluding hydrogens is 357 g/mol. The minimum absolute atomic E-state index is 0.133. The highest BCUT2D eigenvalue weighted by molar-refractivity contribution is 5.97. The Bertz CT molecular complexity index is 1140. The van der Waals surface area contributed by atoms with Gasteiger partial charge in [-0.25, -0.2) is 9.97 Å². The maximum Gasteiger partial charge on any atom is 0.419 e. The molecule has 0 bridgehead atoms. The van der Waals surface area contributed by atoms with E-state index in [1.807, 2.05) is 26.0 Å². The van der Waals surface area contributed by atoms with E-state index in [2.05, 4.69) is 20.1 Å². The van der Waals surface area contributed by atoms with Gasteiger partial charge in [0.2, 0.25) is 0 Å². The smallest absolute Gasteiger partial charge is 0.361 e. The van der Waals surface area contributed by atoms with Crippen molar-refractivity contribution in [3.05, 3.63) is 53.4 Å². The first-order chi connectivity index (χ1) is 12.8. The van der Waals surface area contributed by atoms with Crippen LogP contribution in [0.2, 0.25) is 0 Å². The maximum atomic E-state index is 13.4. The minimum atomic E-state index is -4.54. The molecule has 0 amide bonds. The summed E-state index contributed by atoms with van der Waals surface area (Å²) in [5.74, 6) is 0.962. The van der Waals surface area contributed by atoms with E-state index in [1.165, 1.54) is 0 Å². The third kappa shape index (κ3) is 2.87. The lowest BCUT2D eigenvalue weighted by atomic mass is 10.0. The zero-order valence-electron chi connectivity index (χ0n) is 14.8. The van der Waals surface area contributed by atoms with E-state index in [0.717, 1.165) is 23.0 Å². The number of benzene rings is 1. The number of aromatic nitrogens is 4. The Morgan fingerprint density at radius 3 is 2.56 bits per heavy atom. The third-order valence-corrected chi connectivity index (χ3v) is 4.47. The van der Waals surface area contributed by atoms with Crippen LogP contribution >= 0.6 is 0 Å². The summed E-state index contributed by atoms with van der Waals surface area (Å²) >= 11 is 0. The molecule has 0 aliphatic heterocycles. The minimum Gasteiger partial charge on any atom is -0.361 e. The largest absolute Gasteiger partial charge is 0.419 e. The molecule has 3 aromatic heterocycles. The number of fused-ring (bicyclic) bond motifs is 1. The molecule has 27 heavy (non-hydrogen) atoms. The van der Waals surface area contributed by atoms with Crippen molar-refractivity contribution in [2.45, 2.75) is 26.9 Å². The Kier molecular flexibility index (Phi) is 3.80. The van der Waals surface area contributed by atoms with Gasteiger partial charge < -0.3 is 9.51 Å². The van der Waals surface area contributed by atoms with Crippen LogP contribution in [-0.4, -0.2) is 20.1 Å². The Balaban J connectivity index is 1.90. The molecule has 0 fully saturated rings. The van der Waals surface area contributed by atoms with Gasteiger partial charge in [0.05, 0.1) is 11.4 Å². The molecule has 1 N–H and O–H groups in total. The monoisotopic (exact) mass is 372 g/mol. The summed E-state index contributed by atoms with van der Waals surface area (Å²) in [6.07, 6.45) is -2.17. The number of H-pyrrole nitrogens is 1. The van der Waals surface area contributed by atoms with Crippen molar-refractivity contribution in [2.24, 2.45) is 0 Å². The molecule has 0 aliphatic carbocycles. The summed E-state index contributed by atoms with van der Waals surface area (Å²) in [6.45, 7) is 5.22. The molecule has 0 spiro atoms. The predicted molar refractivity (Wildman–Crippen MR) is 94.0 cm³/mol. The van der Waals surface area contributed by atoms with Crippen molar-refractivity contribution in [1.82, 2.24) is 20.1 Å². The molecule has 0 saturated carbocycles. The van der Waals surface area contributed by atoms with Gasteiger partial charge in [0.15, 0.2) is 0 Å². The van der Waals surface area contributed by atoms with E-state index in [9.17, 15) is 13.2 Å². The fraction of sp³-hybridized carbons (Fsp3) is 0.211. The quantitative estimate of drug-likeness (QED) is 0.524. The van der Waals surface area contributed by atoms with Gasteiger partial charge in [-0.2, -0.15) is 13.2 Å². The van der Waals surface area contributed by atoms with Crippen LogP contribution in [0.4, 0.5) is 13.2 Å². The molecule has 0 unspecified atom stereocenters. The number of alkyl halides is 3. The summed E-state index contributed by atoms with van der Waals surface area (Å²) in [5.41, 5.74) is 2.60. The van der Waals surface area contributed by atoms with Crippen molar-refractivity contribution >= 4 is 10.9 Å². The van der Waals surface area contributed by atoms with E-state index in [-0.39, 0.29) is 11.5 Å². The fourth-order valence-corrected chi connectivity index (χ4v) is 3.26. The molecule has 8 heteroatoms. The van der Waals surface area contributed by atoms with E-state index < -0.39 is 11.7 Å². The van der Waals surface area contributed by atoms with Gasteiger partial charge in [-0.1, -0.05) is 17.3 Å². The predicted octanol–water partition coefficient (Wildman–Crippen LogP) is 5.22. The molecule has 3 heterocycles. The van der Waals surface area contributed by atoms with Crippen LogP contribution in [0.3, 0.4) is 0 Å². The molecule has 0 aliphatic rings. The summed E-state index contributed by atoms with van der Waals surface area (Å²) < 4.78 is 45.4. The molecule has 0 atom stereocenters. The fourth-order valence-electron chi connectivity index (χ4n) is 3.26. The average molecular weight is 372 g/mol. The second-order valence-electron chi connectivity index (χ2n) is 6.34. The highest BCUT2D eigenvalue weighted by Gasteiger charge is 2.35. The highest BCUT2D eigenvalue weighted by Crippen LogP contribution is 2.39. The number of nitrogens with zero attached hydrogens (tertiary/aromatic N) is 3. The Morgan fingerprint density at radius 1 is 1.11 bits per heavy atom. The van der Waals surface area contributed by atoms with Crippen LogP contribution in [-0.2, 0) is 6.18 Å². The van der Waals surface area contributed by atoms with Gasteiger partial charge in [-0.3, -0.25) is 0 Å². The number of rotatable bonds is 2. The highest BCUT2D eigenvalue weighted by atomic mass is 19.4. The summed E-state index contributed by atoms with van der Waals surface area (Å²) in [7, 11) is 0. The van der Waals surface area contributed by atoms with Gasteiger partial charge >= 0.3 is 6.18 Å². The van der Waals surface area contributed by atoms with Crippen molar-refractivity contribution in [3.63, 3.8) is 0 Å². The molecular formula is C19H15F3N4O. The molecule has 138 valence electrons. The molecule has 5 nitrogen and oxygen atoms in total. The second kappa shape index (κ2) is 5.94. The number of aromatic amines is 1. The van der Waals surface area contributed by atoms with Crippen molar-refractivity contribution in [1.29, 1.82) is 0 Å². The van der Waals surface area contributed by atoms with Crippen molar-refractivity contribution in [3.8, 4) is 22.4 Å². The van der Waals surface area contributed by atoms with Gasteiger partial charge in [0.1, 0.15) is 17.1 Å². The molecule has 1 aromatic carbocycles. The molecule has 0 saturated heterocycles. The Hall–Kier alpha value is -3.16. The zero-order valence-corrected chi connectivity index (χ0v) is 14.8. The van der Waals surface area contributed by atoms with Gasteiger partial charge in [0, 0.05) is 34.4 Å². The van der Waals surface area contributed by atoms with Gasteiger partial charge in [-0.15, -0.1) is 0 Å². The summed E-state index contributed by atoms with van der Waals surface area (Å²) in [4.78, 5) is 10.8. The third-order valence-electron chi connectivity index (χ3n) is 4.47. The number of halogens is 3. The van der Waals surface area contributed by atoms with Crippen LogP contribution in [0, 0.1) is 20.8 Å². The van der Waals surface area contributed by atoms with Gasteiger partial charge in [0.25, 0.3) is 0 Å². The van der Waals surface area contributed by atoms with Crippen LogP contribution in [0.1, 0.15) is 22.8 Å². The van der Waals surface area contributed by atoms with Crippen molar-refractivity contribution < 1.29 is 17.7 Å². The lowest BCUT2D eigenvalue weighted by Gasteiger charge is -2.11. The molecule has 0 radical (unpaired) electrons. The Labute approximate surface area is 152 Å². The van der Waals surface area contributed by atoms with Crippen molar-refractivity contribution in [2.75, 3.05) is 0 Å². The SMILES string of the molecule is Cc1ncc(C(F)(F)F)c(-c2c[nH]c3cc(-c4c(C)noc4C)ccc23)n1. The standard InChI is InChI=1S/C19H15F3N4O/c1-9-17(10(2)27-26-9)12-4-5-13-14(7-24-16(13)6-12)18-15(19(20,21)22)8-23-11(3)25-18/h4-8,24H,1-3H3. The van der Waals surface area contributed by atoms with E-state index >= 15 is 0 Å². The van der Waals surface area contributed by atoms with E-state index in [1.54, 1.807) is 19.2 Å². The number of hydrogen-bond acceptors (Lipinski definition) is 4. The van der Waals surface area contributed by atoms with Crippen LogP contribution in [0.25, 0.3) is 33.3 Å². The van der Waals surface area contributed by atoms with Crippen LogP contribution < -0.4 is 0 Å². The molecule has 4 aromatic rings. The average Bonchev–Trinajstić information content (AvgIpc) is 3.16. The zero-order chi connectivity index (χ0) is 19.3. The first-order valence-electron chi connectivity index (χ1n) is 8.21. The lowest BCUT2D eigenvalue weighted by molar-refractivity contribution is -0.137. The lowest BCUT2D eigenvalue weighted by Crippen LogP contribution is -2.10. The summed E-state index contributed by atoms with van der Waals surface area (Å²) in [6, 6.07) is 5.49. The number of hydrogen-bond donors (Lipinski definition) is 1.